The highest BCUT2D eigenvalue weighted by atomic mass is 16.5. The maximum absolute atomic E-state index is 12.5. The molecule has 0 fully saturated rings. The molecule has 0 spiro atoms. The van der Waals surface area contributed by atoms with Gasteiger partial charge in [0.1, 0.15) is 5.75 Å². The van der Waals surface area contributed by atoms with Gasteiger partial charge >= 0.3 is 0 Å². The molecule has 1 amide bonds. The summed E-state index contributed by atoms with van der Waals surface area (Å²) in [5.41, 5.74) is 7.48. The number of carbonyl (C=O) groups is 1. The van der Waals surface area contributed by atoms with Gasteiger partial charge in [0.2, 0.25) is 0 Å². The van der Waals surface area contributed by atoms with Crippen molar-refractivity contribution in [3.05, 3.63) is 42.0 Å². The van der Waals surface area contributed by atoms with Gasteiger partial charge in [-0.15, -0.1) is 0 Å². The van der Waals surface area contributed by atoms with E-state index in [-0.39, 0.29) is 5.91 Å². The number of anilines is 2. The normalized spacial score (nSPS) is 10.3. The molecule has 0 aliphatic carbocycles. The van der Waals surface area contributed by atoms with Gasteiger partial charge in [0.25, 0.3) is 5.91 Å². The molecular weight excluding hydrogens is 332 g/mol. The molecule has 0 radical (unpaired) electrons. The summed E-state index contributed by atoms with van der Waals surface area (Å²) < 4.78 is 16.6. The van der Waals surface area contributed by atoms with E-state index in [0.29, 0.717) is 54.0 Å². The summed E-state index contributed by atoms with van der Waals surface area (Å²) in [6, 6.07) is 10.3. The second kappa shape index (κ2) is 9.56. The standard InChI is InChI=1S/C20H26N2O4/c1-4-11-26-17-9-7-14(12-16(17)21)20(23)22-15-8-10-18(24-5-2)19(13-15)25-6-3/h7-10,12-13H,4-6,11,21H2,1-3H3,(H,22,23). The van der Waals surface area contributed by atoms with Crippen molar-refractivity contribution in [3.63, 3.8) is 0 Å². The SMILES string of the molecule is CCCOc1ccc(C(=O)Nc2ccc(OCC)c(OCC)c2)cc1N. The zero-order chi connectivity index (χ0) is 18.9. The van der Waals surface area contributed by atoms with Gasteiger partial charge in [-0.1, -0.05) is 6.92 Å². The molecule has 140 valence electrons. The average Bonchev–Trinajstić information content (AvgIpc) is 2.63. The van der Waals surface area contributed by atoms with Gasteiger partial charge in [-0.25, -0.2) is 0 Å². The van der Waals surface area contributed by atoms with Gasteiger partial charge in [-0.2, -0.15) is 0 Å². The Balaban J connectivity index is 2.13. The van der Waals surface area contributed by atoms with Crippen molar-refractivity contribution in [1.82, 2.24) is 0 Å². The first-order valence-electron chi connectivity index (χ1n) is 8.82. The summed E-state index contributed by atoms with van der Waals surface area (Å²) in [5.74, 6) is 1.57. The summed E-state index contributed by atoms with van der Waals surface area (Å²) in [5, 5.41) is 2.85. The molecule has 0 bridgehead atoms. The van der Waals surface area contributed by atoms with E-state index in [2.05, 4.69) is 5.32 Å². The Hall–Kier alpha value is -2.89. The highest BCUT2D eigenvalue weighted by Crippen LogP contribution is 2.31. The van der Waals surface area contributed by atoms with E-state index in [9.17, 15) is 4.79 Å². The van der Waals surface area contributed by atoms with E-state index in [1.807, 2.05) is 20.8 Å². The van der Waals surface area contributed by atoms with Crippen molar-refractivity contribution in [2.24, 2.45) is 0 Å². The van der Waals surface area contributed by atoms with Gasteiger partial charge < -0.3 is 25.3 Å². The summed E-state index contributed by atoms with van der Waals surface area (Å²) in [6.45, 7) is 7.45. The van der Waals surface area contributed by atoms with Crippen molar-refractivity contribution < 1.29 is 19.0 Å². The van der Waals surface area contributed by atoms with E-state index in [1.54, 1.807) is 36.4 Å². The lowest BCUT2D eigenvalue weighted by molar-refractivity contribution is 0.102. The monoisotopic (exact) mass is 358 g/mol. The third-order valence-electron chi connectivity index (χ3n) is 3.53. The fourth-order valence-corrected chi connectivity index (χ4v) is 2.37. The highest BCUT2D eigenvalue weighted by molar-refractivity contribution is 6.05. The molecule has 3 N–H and O–H groups in total. The van der Waals surface area contributed by atoms with Crippen molar-refractivity contribution in [1.29, 1.82) is 0 Å². The number of ether oxygens (including phenoxy) is 3. The minimum absolute atomic E-state index is 0.259. The van der Waals surface area contributed by atoms with Crippen molar-refractivity contribution in [2.75, 3.05) is 30.9 Å². The van der Waals surface area contributed by atoms with Crippen LogP contribution in [0.25, 0.3) is 0 Å². The fraction of sp³-hybridized carbons (Fsp3) is 0.350. The van der Waals surface area contributed by atoms with E-state index < -0.39 is 0 Å². The summed E-state index contributed by atoms with van der Waals surface area (Å²) in [6.07, 6.45) is 0.890. The maximum Gasteiger partial charge on any atom is 0.255 e. The number of hydrogen-bond donors (Lipinski definition) is 2. The number of carbonyl (C=O) groups excluding carboxylic acids is 1. The molecule has 0 saturated carbocycles. The number of amides is 1. The molecule has 2 rings (SSSR count). The van der Waals surface area contributed by atoms with Crippen LogP contribution >= 0.6 is 0 Å². The van der Waals surface area contributed by atoms with Crippen molar-refractivity contribution >= 4 is 17.3 Å². The molecule has 6 heteroatoms. The van der Waals surface area contributed by atoms with Crippen molar-refractivity contribution in [2.45, 2.75) is 27.2 Å². The van der Waals surface area contributed by atoms with Crippen LogP contribution in [0.15, 0.2) is 36.4 Å². The summed E-state index contributed by atoms with van der Waals surface area (Å²) >= 11 is 0. The second-order valence-electron chi connectivity index (χ2n) is 5.58. The van der Waals surface area contributed by atoms with Crippen LogP contribution in [-0.4, -0.2) is 25.7 Å². The molecule has 0 aromatic heterocycles. The molecule has 0 atom stereocenters. The van der Waals surface area contributed by atoms with E-state index in [0.717, 1.165) is 6.42 Å². The Morgan fingerprint density at radius 3 is 2.27 bits per heavy atom. The Kier molecular flexibility index (Phi) is 7.14. The first kappa shape index (κ1) is 19.4. The van der Waals surface area contributed by atoms with Gasteiger partial charge in [0.05, 0.1) is 25.5 Å². The second-order valence-corrected chi connectivity index (χ2v) is 5.58. The highest BCUT2D eigenvalue weighted by Gasteiger charge is 2.12. The number of nitrogen functional groups attached to an aromatic ring is 1. The summed E-state index contributed by atoms with van der Waals surface area (Å²) in [7, 11) is 0. The molecule has 2 aromatic rings. The number of benzene rings is 2. The van der Waals surface area contributed by atoms with Crippen molar-refractivity contribution in [3.8, 4) is 17.2 Å². The minimum Gasteiger partial charge on any atom is -0.491 e. The van der Waals surface area contributed by atoms with Crippen LogP contribution in [0.4, 0.5) is 11.4 Å². The largest absolute Gasteiger partial charge is 0.491 e. The molecule has 0 unspecified atom stereocenters. The van der Waals surface area contributed by atoms with Crippen LogP contribution < -0.4 is 25.3 Å². The van der Waals surface area contributed by atoms with Gasteiger partial charge in [0, 0.05) is 17.3 Å². The Bertz CT molecular complexity index is 747. The maximum atomic E-state index is 12.5. The van der Waals surface area contributed by atoms with Crippen LogP contribution in [0.3, 0.4) is 0 Å². The lowest BCUT2D eigenvalue weighted by Gasteiger charge is -2.13. The predicted molar refractivity (Wildman–Crippen MR) is 103 cm³/mol. The van der Waals surface area contributed by atoms with E-state index in [1.165, 1.54) is 0 Å². The number of rotatable bonds is 9. The first-order valence-corrected chi connectivity index (χ1v) is 8.82. The number of hydrogen-bond acceptors (Lipinski definition) is 5. The van der Waals surface area contributed by atoms with Gasteiger partial charge in [-0.3, -0.25) is 4.79 Å². The van der Waals surface area contributed by atoms with Crippen LogP contribution in [0, 0.1) is 0 Å². The van der Waals surface area contributed by atoms with Gasteiger partial charge in [0.15, 0.2) is 11.5 Å². The molecule has 0 aliphatic heterocycles. The minimum atomic E-state index is -0.259. The first-order chi connectivity index (χ1) is 12.6. The Morgan fingerprint density at radius 2 is 1.62 bits per heavy atom. The zero-order valence-corrected chi connectivity index (χ0v) is 15.5. The molecule has 26 heavy (non-hydrogen) atoms. The Morgan fingerprint density at radius 1 is 0.923 bits per heavy atom. The summed E-state index contributed by atoms with van der Waals surface area (Å²) in [4.78, 5) is 12.5. The lowest BCUT2D eigenvalue weighted by Crippen LogP contribution is -2.13. The van der Waals surface area contributed by atoms with Gasteiger partial charge in [-0.05, 0) is 50.6 Å². The average molecular weight is 358 g/mol. The lowest BCUT2D eigenvalue weighted by atomic mass is 10.1. The molecule has 0 aliphatic rings. The van der Waals surface area contributed by atoms with Crippen LogP contribution in [0.1, 0.15) is 37.6 Å². The number of nitrogens with one attached hydrogen (secondary N) is 1. The quantitative estimate of drug-likeness (QED) is 0.659. The topological polar surface area (TPSA) is 82.8 Å². The van der Waals surface area contributed by atoms with E-state index in [4.69, 9.17) is 19.9 Å². The van der Waals surface area contributed by atoms with Crippen LogP contribution in [0.2, 0.25) is 0 Å². The molecule has 0 heterocycles. The predicted octanol–water partition coefficient (Wildman–Crippen LogP) is 4.11. The molecule has 6 nitrogen and oxygen atoms in total. The molecule has 2 aromatic carbocycles. The smallest absolute Gasteiger partial charge is 0.255 e. The third kappa shape index (κ3) is 5.05. The molecule has 0 saturated heterocycles. The van der Waals surface area contributed by atoms with Crippen LogP contribution in [0.5, 0.6) is 17.2 Å². The third-order valence-corrected chi connectivity index (χ3v) is 3.53. The van der Waals surface area contributed by atoms with Crippen LogP contribution in [-0.2, 0) is 0 Å². The fourth-order valence-electron chi connectivity index (χ4n) is 2.37. The molecular formula is C20H26N2O4. The zero-order valence-electron chi connectivity index (χ0n) is 15.5. The Labute approximate surface area is 154 Å². The van der Waals surface area contributed by atoms with E-state index >= 15 is 0 Å². The number of nitrogens with two attached hydrogens (primary N) is 1.